The SMILES string of the molecule is O=C(OCCO)c1ccccc1C(=O)OCCO. The van der Waals surface area contributed by atoms with Crippen molar-refractivity contribution in [2.24, 2.45) is 0 Å². The molecular weight excluding hydrogens is 240 g/mol. The van der Waals surface area contributed by atoms with Crippen molar-refractivity contribution in [3.63, 3.8) is 0 Å². The van der Waals surface area contributed by atoms with Crippen LogP contribution in [-0.2, 0) is 9.47 Å². The average Bonchev–Trinajstić information content (AvgIpc) is 2.42. The number of hydrogen-bond acceptors (Lipinski definition) is 6. The van der Waals surface area contributed by atoms with E-state index in [0.717, 1.165) is 0 Å². The summed E-state index contributed by atoms with van der Waals surface area (Å²) in [5, 5.41) is 17.1. The lowest BCUT2D eigenvalue weighted by molar-refractivity contribution is 0.0389. The van der Waals surface area contributed by atoms with Gasteiger partial charge in [-0.05, 0) is 12.1 Å². The Hall–Kier alpha value is -1.92. The van der Waals surface area contributed by atoms with Crippen molar-refractivity contribution in [1.29, 1.82) is 0 Å². The van der Waals surface area contributed by atoms with E-state index in [4.69, 9.17) is 19.7 Å². The first-order valence-corrected chi connectivity index (χ1v) is 5.35. The summed E-state index contributed by atoms with van der Waals surface area (Å²) in [5.74, 6) is -1.42. The van der Waals surface area contributed by atoms with Crippen molar-refractivity contribution >= 4 is 11.9 Å². The highest BCUT2D eigenvalue weighted by Gasteiger charge is 2.18. The van der Waals surface area contributed by atoms with E-state index in [1.807, 2.05) is 0 Å². The molecule has 0 saturated carbocycles. The van der Waals surface area contributed by atoms with E-state index in [0.29, 0.717) is 0 Å². The molecule has 0 aliphatic rings. The van der Waals surface area contributed by atoms with E-state index in [9.17, 15) is 9.59 Å². The Balaban J connectivity index is 2.85. The lowest BCUT2D eigenvalue weighted by Crippen LogP contribution is -2.16. The van der Waals surface area contributed by atoms with Crippen LogP contribution in [0.15, 0.2) is 24.3 Å². The first-order valence-electron chi connectivity index (χ1n) is 5.35. The molecule has 1 aromatic carbocycles. The fraction of sp³-hybridized carbons (Fsp3) is 0.333. The van der Waals surface area contributed by atoms with Crippen LogP contribution in [0.1, 0.15) is 20.7 Å². The molecule has 0 amide bonds. The predicted molar refractivity (Wildman–Crippen MR) is 61.2 cm³/mol. The van der Waals surface area contributed by atoms with Gasteiger partial charge in [0.2, 0.25) is 0 Å². The van der Waals surface area contributed by atoms with Crippen molar-refractivity contribution in [2.75, 3.05) is 26.4 Å². The van der Waals surface area contributed by atoms with Gasteiger partial charge in [-0.2, -0.15) is 0 Å². The largest absolute Gasteiger partial charge is 0.460 e. The Bertz CT molecular complexity index is 376. The van der Waals surface area contributed by atoms with Gasteiger partial charge >= 0.3 is 11.9 Å². The van der Waals surface area contributed by atoms with Crippen LogP contribution in [-0.4, -0.2) is 48.6 Å². The van der Waals surface area contributed by atoms with Crippen LogP contribution < -0.4 is 0 Å². The molecule has 0 bridgehead atoms. The van der Waals surface area contributed by atoms with E-state index < -0.39 is 11.9 Å². The molecule has 0 saturated heterocycles. The van der Waals surface area contributed by atoms with Crippen LogP contribution in [0.5, 0.6) is 0 Å². The summed E-state index contributed by atoms with van der Waals surface area (Å²) >= 11 is 0. The van der Waals surface area contributed by atoms with Crippen LogP contribution in [0.25, 0.3) is 0 Å². The molecule has 18 heavy (non-hydrogen) atoms. The van der Waals surface area contributed by atoms with Crippen LogP contribution in [0, 0.1) is 0 Å². The van der Waals surface area contributed by atoms with Crippen molar-refractivity contribution in [2.45, 2.75) is 0 Å². The van der Waals surface area contributed by atoms with Gasteiger partial charge < -0.3 is 19.7 Å². The average molecular weight is 254 g/mol. The lowest BCUT2D eigenvalue weighted by atomic mass is 10.1. The Labute approximate surface area is 104 Å². The third-order valence-corrected chi connectivity index (χ3v) is 2.02. The van der Waals surface area contributed by atoms with Crippen LogP contribution >= 0.6 is 0 Å². The number of benzene rings is 1. The van der Waals surface area contributed by atoms with Gasteiger partial charge in [-0.3, -0.25) is 0 Å². The van der Waals surface area contributed by atoms with E-state index >= 15 is 0 Å². The molecule has 98 valence electrons. The van der Waals surface area contributed by atoms with Crippen LogP contribution in [0.2, 0.25) is 0 Å². The summed E-state index contributed by atoms with van der Waals surface area (Å²) in [6.07, 6.45) is 0. The second kappa shape index (κ2) is 7.41. The first-order chi connectivity index (χ1) is 8.70. The van der Waals surface area contributed by atoms with Gasteiger partial charge in [-0.1, -0.05) is 12.1 Å². The number of esters is 2. The minimum atomic E-state index is -0.708. The van der Waals surface area contributed by atoms with Crippen LogP contribution in [0.3, 0.4) is 0 Å². The van der Waals surface area contributed by atoms with Crippen molar-refractivity contribution in [1.82, 2.24) is 0 Å². The highest BCUT2D eigenvalue weighted by Crippen LogP contribution is 2.11. The molecule has 0 heterocycles. The second-order valence-electron chi connectivity index (χ2n) is 3.26. The molecule has 0 fully saturated rings. The number of hydrogen-bond donors (Lipinski definition) is 2. The second-order valence-corrected chi connectivity index (χ2v) is 3.26. The number of rotatable bonds is 6. The number of carbonyl (C=O) groups is 2. The third kappa shape index (κ3) is 3.83. The standard InChI is InChI=1S/C12H14O6/c13-5-7-17-11(15)9-3-1-2-4-10(9)12(16)18-8-6-14/h1-4,13-14H,5-8H2. The molecule has 0 atom stereocenters. The highest BCUT2D eigenvalue weighted by molar-refractivity contribution is 6.03. The van der Waals surface area contributed by atoms with Gasteiger partial charge in [-0.15, -0.1) is 0 Å². The van der Waals surface area contributed by atoms with Gasteiger partial charge in [0.15, 0.2) is 0 Å². The first kappa shape index (κ1) is 14.1. The zero-order valence-electron chi connectivity index (χ0n) is 9.67. The molecule has 0 unspecified atom stereocenters. The van der Waals surface area contributed by atoms with Gasteiger partial charge in [-0.25, -0.2) is 9.59 Å². The molecule has 0 spiro atoms. The van der Waals surface area contributed by atoms with E-state index in [1.165, 1.54) is 12.1 Å². The molecule has 6 heteroatoms. The molecule has 0 aliphatic heterocycles. The van der Waals surface area contributed by atoms with Crippen molar-refractivity contribution < 1.29 is 29.3 Å². The highest BCUT2D eigenvalue weighted by atomic mass is 16.5. The Morgan fingerprint density at radius 3 is 1.61 bits per heavy atom. The monoisotopic (exact) mass is 254 g/mol. The fourth-order valence-corrected chi connectivity index (χ4v) is 1.27. The quantitative estimate of drug-likeness (QED) is 0.693. The number of aliphatic hydroxyl groups is 2. The molecule has 6 nitrogen and oxygen atoms in total. The number of ether oxygens (including phenoxy) is 2. The maximum atomic E-state index is 11.6. The predicted octanol–water partition coefficient (Wildman–Crippen LogP) is -0.0152. The summed E-state index contributed by atoms with van der Waals surface area (Å²) in [6, 6.07) is 6.02. The van der Waals surface area contributed by atoms with Crippen LogP contribution in [0.4, 0.5) is 0 Å². The minimum absolute atomic E-state index is 0.0638. The Morgan fingerprint density at radius 2 is 1.28 bits per heavy atom. The molecule has 1 rings (SSSR count). The summed E-state index contributed by atoms with van der Waals surface area (Å²) in [5.41, 5.74) is 0.128. The minimum Gasteiger partial charge on any atom is -0.460 e. The fourth-order valence-electron chi connectivity index (χ4n) is 1.27. The van der Waals surface area contributed by atoms with E-state index in [-0.39, 0.29) is 37.6 Å². The number of aliphatic hydroxyl groups excluding tert-OH is 2. The van der Waals surface area contributed by atoms with Gasteiger partial charge in [0.25, 0.3) is 0 Å². The Morgan fingerprint density at radius 1 is 0.889 bits per heavy atom. The molecule has 0 radical (unpaired) electrons. The maximum Gasteiger partial charge on any atom is 0.339 e. The van der Waals surface area contributed by atoms with Crippen molar-refractivity contribution in [3.8, 4) is 0 Å². The van der Waals surface area contributed by atoms with Crippen molar-refractivity contribution in [3.05, 3.63) is 35.4 Å². The Kier molecular flexibility index (Phi) is 5.83. The smallest absolute Gasteiger partial charge is 0.339 e. The molecule has 0 aromatic heterocycles. The normalized spacial score (nSPS) is 9.89. The van der Waals surface area contributed by atoms with Gasteiger partial charge in [0, 0.05) is 0 Å². The summed E-state index contributed by atoms with van der Waals surface area (Å²) < 4.78 is 9.45. The summed E-state index contributed by atoms with van der Waals surface area (Å²) in [4.78, 5) is 23.2. The van der Waals surface area contributed by atoms with E-state index in [1.54, 1.807) is 12.1 Å². The zero-order valence-corrected chi connectivity index (χ0v) is 9.67. The molecular formula is C12H14O6. The van der Waals surface area contributed by atoms with Gasteiger partial charge in [0.1, 0.15) is 13.2 Å². The summed E-state index contributed by atoms with van der Waals surface area (Å²) in [6.45, 7) is -0.858. The third-order valence-electron chi connectivity index (χ3n) is 2.02. The molecule has 0 aliphatic carbocycles. The number of carbonyl (C=O) groups excluding carboxylic acids is 2. The maximum absolute atomic E-state index is 11.6. The zero-order chi connectivity index (χ0) is 13.4. The van der Waals surface area contributed by atoms with E-state index in [2.05, 4.69) is 0 Å². The summed E-state index contributed by atoms with van der Waals surface area (Å²) in [7, 11) is 0. The topological polar surface area (TPSA) is 93.1 Å². The van der Waals surface area contributed by atoms with Gasteiger partial charge in [0.05, 0.1) is 24.3 Å². The molecule has 1 aromatic rings. The lowest BCUT2D eigenvalue weighted by Gasteiger charge is -2.08. The molecule has 2 N–H and O–H groups in total.